The van der Waals surface area contributed by atoms with Gasteiger partial charge in [0.15, 0.2) is 17.6 Å². The highest BCUT2D eigenvalue weighted by atomic mass is 127. The molecule has 1 fully saturated rings. The highest BCUT2D eigenvalue weighted by Gasteiger charge is 2.66. The van der Waals surface area contributed by atoms with Crippen LogP contribution >= 0.6 is 22.6 Å². The molecule has 20 heavy (non-hydrogen) atoms. The van der Waals surface area contributed by atoms with Crippen LogP contribution in [0.25, 0.3) is 0 Å². The van der Waals surface area contributed by atoms with E-state index in [4.69, 9.17) is 4.74 Å². The Labute approximate surface area is 126 Å². The van der Waals surface area contributed by atoms with Gasteiger partial charge in [0.2, 0.25) is 11.8 Å². The highest BCUT2D eigenvalue weighted by molar-refractivity contribution is 14.1. The molecule has 0 saturated carbocycles. The molecule has 9 heteroatoms. The van der Waals surface area contributed by atoms with Crippen LogP contribution in [0.5, 0.6) is 0 Å². The summed E-state index contributed by atoms with van der Waals surface area (Å²) >= 11 is 1.57. The Balaban J connectivity index is 2.38. The standard InChI is InChI=1S/C11H12F2INO5/c12-4-10(19)8(18)11(13,5-14)20-9(10)15-2-1-6(16)3-7(15)17/h1-2,8-9,18-19H,3-5H2/t8-,9+,10+,11+/m0/s1. The second kappa shape index (κ2) is 5.28. The molecule has 1 saturated heterocycles. The maximum Gasteiger partial charge on any atom is 0.249 e. The lowest BCUT2D eigenvalue weighted by atomic mass is 9.94. The van der Waals surface area contributed by atoms with Gasteiger partial charge in [0.05, 0.1) is 10.8 Å². The quantitative estimate of drug-likeness (QED) is 0.388. The van der Waals surface area contributed by atoms with Crippen LogP contribution in [0.15, 0.2) is 12.3 Å². The number of aliphatic hydroxyl groups is 2. The molecule has 112 valence electrons. The molecule has 2 aliphatic rings. The average Bonchev–Trinajstić information content (AvgIpc) is 2.62. The van der Waals surface area contributed by atoms with Crippen molar-refractivity contribution in [3.63, 3.8) is 0 Å². The van der Waals surface area contributed by atoms with Crippen LogP contribution in [0.3, 0.4) is 0 Å². The molecule has 2 heterocycles. The molecular weight excluding hydrogens is 391 g/mol. The first-order chi connectivity index (χ1) is 9.28. The SMILES string of the molecule is O=C1C=CN([C@@H]2O[C@](F)(CI)[C@@H](O)[C@]2(O)CF)C(=O)C1. The van der Waals surface area contributed by atoms with Gasteiger partial charge in [-0.25, -0.2) is 8.78 Å². The van der Waals surface area contributed by atoms with Crippen molar-refractivity contribution in [2.75, 3.05) is 11.1 Å². The van der Waals surface area contributed by atoms with E-state index in [1.54, 1.807) is 22.6 Å². The average molecular weight is 403 g/mol. The van der Waals surface area contributed by atoms with E-state index < -0.39 is 48.6 Å². The third kappa shape index (κ3) is 2.26. The molecule has 0 radical (unpaired) electrons. The second-order valence-electron chi connectivity index (χ2n) is 4.68. The number of carbonyl (C=O) groups is 2. The molecule has 2 N–H and O–H groups in total. The number of aliphatic hydroxyl groups excluding tert-OH is 1. The van der Waals surface area contributed by atoms with Crippen molar-refractivity contribution in [2.45, 2.75) is 30.2 Å². The Hall–Kier alpha value is -0.650. The van der Waals surface area contributed by atoms with Crippen molar-refractivity contribution in [1.29, 1.82) is 0 Å². The summed E-state index contributed by atoms with van der Waals surface area (Å²) in [7, 11) is 0. The minimum atomic E-state index is -2.68. The molecule has 0 unspecified atom stereocenters. The smallest absolute Gasteiger partial charge is 0.249 e. The fraction of sp³-hybridized carbons (Fsp3) is 0.636. The summed E-state index contributed by atoms with van der Waals surface area (Å²) in [6.07, 6.45) is -2.35. The lowest BCUT2D eigenvalue weighted by molar-refractivity contribution is -0.185. The summed E-state index contributed by atoms with van der Waals surface area (Å²) in [5.74, 6) is -3.91. The number of ketones is 1. The van der Waals surface area contributed by atoms with Gasteiger partial charge in [0.1, 0.15) is 12.8 Å². The summed E-state index contributed by atoms with van der Waals surface area (Å²) in [4.78, 5) is 23.5. The van der Waals surface area contributed by atoms with Gasteiger partial charge in [-0.2, -0.15) is 0 Å². The molecule has 1 amide bonds. The van der Waals surface area contributed by atoms with E-state index in [2.05, 4.69) is 0 Å². The van der Waals surface area contributed by atoms with Gasteiger partial charge in [-0.05, 0) is 6.08 Å². The maximum absolute atomic E-state index is 14.3. The highest BCUT2D eigenvalue weighted by Crippen LogP contribution is 2.43. The van der Waals surface area contributed by atoms with E-state index in [1.807, 2.05) is 0 Å². The van der Waals surface area contributed by atoms with Gasteiger partial charge in [0.25, 0.3) is 0 Å². The lowest BCUT2D eigenvalue weighted by Crippen LogP contribution is -2.58. The lowest BCUT2D eigenvalue weighted by Gasteiger charge is -2.34. The maximum atomic E-state index is 14.3. The third-order valence-corrected chi connectivity index (χ3v) is 4.34. The van der Waals surface area contributed by atoms with Crippen LogP contribution in [-0.2, 0) is 14.3 Å². The first-order valence-corrected chi connectivity index (χ1v) is 7.22. The van der Waals surface area contributed by atoms with E-state index in [0.717, 1.165) is 17.2 Å². The number of ether oxygens (including phenoxy) is 1. The van der Waals surface area contributed by atoms with E-state index in [0.29, 0.717) is 0 Å². The molecule has 0 bridgehead atoms. The molecule has 4 atom stereocenters. The molecule has 0 aliphatic carbocycles. The summed E-state index contributed by atoms with van der Waals surface area (Å²) in [6.45, 7) is -1.51. The Morgan fingerprint density at radius 1 is 1.55 bits per heavy atom. The number of nitrogens with zero attached hydrogens (tertiary/aromatic N) is 1. The predicted octanol–water partition coefficient (Wildman–Crippen LogP) is -0.180. The van der Waals surface area contributed by atoms with E-state index in [9.17, 15) is 28.6 Å². The minimum absolute atomic E-state index is 0.366. The molecule has 0 aromatic rings. The van der Waals surface area contributed by atoms with Crippen molar-refractivity contribution in [2.24, 2.45) is 0 Å². The number of carbonyl (C=O) groups excluding carboxylic acids is 2. The van der Waals surface area contributed by atoms with Crippen LogP contribution in [0.2, 0.25) is 0 Å². The summed E-state index contributed by atoms with van der Waals surface area (Å²) < 4.78 is 31.9. The summed E-state index contributed by atoms with van der Waals surface area (Å²) in [5, 5.41) is 19.9. The number of alkyl halides is 3. The number of hydrogen-bond donors (Lipinski definition) is 2. The Morgan fingerprint density at radius 3 is 2.70 bits per heavy atom. The van der Waals surface area contributed by atoms with Crippen LogP contribution in [0.4, 0.5) is 8.78 Å². The number of halogens is 3. The van der Waals surface area contributed by atoms with Gasteiger partial charge in [-0.3, -0.25) is 14.5 Å². The summed E-state index contributed by atoms with van der Waals surface area (Å²) in [5.41, 5.74) is -2.60. The number of amides is 1. The first-order valence-electron chi connectivity index (χ1n) is 5.70. The zero-order valence-electron chi connectivity index (χ0n) is 10.1. The topological polar surface area (TPSA) is 87.1 Å². The van der Waals surface area contributed by atoms with Crippen molar-refractivity contribution in [3.05, 3.63) is 12.3 Å². The third-order valence-electron chi connectivity index (χ3n) is 3.30. The van der Waals surface area contributed by atoms with Gasteiger partial charge >= 0.3 is 0 Å². The molecule has 2 aliphatic heterocycles. The Kier molecular flexibility index (Phi) is 4.15. The largest absolute Gasteiger partial charge is 0.384 e. The molecular formula is C11H12F2INO5. The minimum Gasteiger partial charge on any atom is -0.384 e. The van der Waals surface area contributed by atoms with E-state index in [1.165, 1.54) is 0 Å². The van der Waals surface area contributed by atoms with E-state index in [-0.39, 0.29) is 4.43 Å². The van der Waals surface area contributed by atoms with Crippen LogP contribution in [0.1, 0.15) is 6.42 Å². The molecule has 2 rings (SSSR count). The molecule has 0 spiro atoms. The normalized spacial score (nSPS) is 41.5. The zero-order valence-corrected chi connectivity index (χ0v) is 12.3. The van der Waals surface area contributed by atoms with Gasteiger partial charge in [0, 0.05) is 6.20 Å². The number of allylic oxidation sites excluding steroid dienone is 1. The van der Waals surface area contributed by atoms with Crippen molar-refractivity contribution in [3.8, 4) is 0 Å². The molecule has 6 nitrogen and oxygen atoms in total. The fourth-order valence-corrected chi connectivity index (χ4v) is 2.75. The fourth-order valence-electron chi connectivity index (χ4n) is 2.16. The van der Waals surface area contributed by atoms with E-state index >= 15 is 0 Å². The van der Waals surface area contributed by atoms with Crippen LogP contribution in [-0.4, -0.2) is 61.7 Å². The molecule has 0 aromatic carbocycles. The zero-order chi connectivity index (χ0) is 15.1. The van der Waals surface area contributed by atoms with Crippen LogP contribution < -0.4 is 0 Å². The van der Waals surface area contributed by atoms with Gasteiger partial charge in [-0.1, -0.05) is 22.6 Å². The van der Waals surface area contributed by atoms with Crippen LogP contribution in [0, 0.1) is 0 Å². The molecule has 0 aromatic heterocycles. The van der Waals surface area contributed by atoms with Crippen molar-refractivity contribution >= 4 is 34.3 Å². The summed E-state index contributed by atoms with van der Waals surface area (Å²) in [6, 6.07) is 0. The van der Waals surface area contributed by atoms with Crippen molar-refractivity contribution in [1.82, 2.24) is 4.90 Å². The predicted molar refractivity (Wildman–Crippen MR) is 70.1 cm³/mol. The Morgan fingerprint density at radius 2 is 2.20 bits per heavy atom. The van der Waals surface area contributed by atoms with Gasteiger partial charge in [-0.15, -0.1) is 0 Å². The number of rotatable bonds is 3. The van der Waals surface area contributed by atoms with Gasteiger partial charge < -0.3 is 14.9 Å². The van der Waals surface area contributed by atoms with Crippen molar-refractivity contribution < 1.29 is 33.3 Å². The Bertz CT molecular complexity index is 476. The number of hydrogen-bond acceptors (Lipinski definition) is 5. The monoisotopic (exact) mass is 403 g/mol. The second-order valence-corrected chi connectivity index (χ2v) is 5.44. The first kappa shape index (κ1) is 15.7.